The lowest BCUT2D eigenvalue weighted by Gasteiger charge is -2.24. The van der Waals surface area contributed by atoms with Gasteiger partial charge >= 0.3 is 5.97 Å². The molecule has 3 unspecified atom stereocenters. The van der Waals surface area contributed by atoms with E-state index in [1.807, 2.05) is 0 Å². The van der Waals surface area contributed by atoms with Gasteiger partial charge < -0.3 is 20.3 Å². The van der Waals surface area contributed by atoms with Gasteiger partial charge in [-0.3, -0.25) is 9.59 Å². The summed E-state index contributed by atoms with van der Waals surface area (Å²) in [5.74, 6) is -0.463. The first-order chi connectivity index (χ1) is 31.5. The third-order valence-electron chi connectivity index (χ3n) is 13.3. The SMILES string of the molecule is CCCCC/C=C\C/C=C\CCCCCCCCCC(CC(=O)NC(CO)C(O)CCCCCCCCCCCC)OC(=O)CCCCCCCCCCCCCCCCCCCC. The van der Waals surface area contributed by atoms with Crippen LogP contribution in [0.2, 0.25) is 0 Å². The van der Waals surface area contributed by atoms with Gasteiger partial charge in [0.25, 0.3) is 0 Å². The molecule has 3 atom stereocenters. The van der Waals surface area contributed by atoms with Gasteiger partial charge in [-0.15, -0.1) is 0 Å². The van der Waals surface area contributed by atoms with E-state index in [1.165, 1.54) is 199 Å². The number of ether oxygens (including phenoxy) is 1. The highest BCUT2D eigenvalue weighted by Gasteiger charge is 2.24. The second-order valence-corrected chi connectivity index (χ2v) is 19.7. The Hall–Kier alpha value is -1.66. The summed E-state index contributed by atoms with van der Waals surface area (Å²) in [4.78, 5) is 26.2. The molecular formula is C58H111NO5. The van der Waals surface area contributed by atoms with E-state index < -0.39 is 18.2 Å². The molecule has 0 rings (SSSR count). The van der Waals surface area contributed by atoms with Gasteiger partial charge in [-0.2, -0.15) is 0 Å². The molecule has 1 amide bonds. The van der Waals surface area contributed by atoms with Crippen molar-refractivity contribution < 1.29 is 24.5 Å². The molecule has 3 N–H and O–H groups in total. The van der Waals surface area contributed by atoms with Gasteiger partial charge in [0.05, 0.1) is 25.2 Å². The number of nitrogens with one attached hydrogen (secondary N) is 1. The fourth-order valence-electron chi connectivity index (χ4n) is 8.93. The third kappa shape index (κ3) is 46.9. The van der Waals surface area contributed by atoms with Crippen LogP contribution in [0.3, 0.4) is 0 Å². The monoisotopic (exact) mass is 902 g/mol. The van der Waals surface area contributed by atoms with Crippen molar-refractivity contribution in [3.05, 3.63) is 24.3 Å². The Morgan fingerprint density at radius 1 is 0.453 bits per heavy atom. The van der Waals surface area contributed by atoms with Crippen molar-refractivity contribution in [1.82, 2.24) is 5.32 Å². The zero-order chi connectivity index (χ0) is 46.7. The highest BCUT2D eigenvalue weighted by atomic mass is 16.5. The van der Waals surface area contributed by atoms with Crippen LogP contribution in [0.25, 0.3) is 0 Å². The smallest absolute Gasteiger partial charge is 0.306 e. The zero-order valence-corrected chi connectivity index (χ0v) is 43.2. The molecule has 378 valence electrons. The van der Waals surface area contributed by atoms with Crippen LogP contribution in [0.1, 0.15) is 310 Å². The van der Waals surface area contributed by atoms with Crippen molar-refractivity contribution in [3.8, 4) is 0 Å². The lowest BCUT2D eigenvalue weighted by molar-refractivity contribution is -0.151. The highest BCUT2D eigenvalue weighted by molar-refractivity contribution is 5.77. The predicted molar refractivity (Wildman–Crippen MR) is 278 cm³/mol. The average molecular weight is 903 g/mol. The molecule has 0 spiro atoms. The number of aliphatic hydroxyl groups is 2. The Morgan fingerprint density at radius 2 is 0.797 bits per heavy atom. The Bertz CT molecular complexity index is 1010. The summed E-state index contributed by atoms with van der Waals surface area (Å²) < 4.78 is 5.96. The van der Waals surface area contributed by atoms with Crippen molar-refractivity contribution in [2.75, 3.05) is 6.61 Å². The number of esters is 1. The summed E-state index contributed by atoms with van der Waals surface area (Å²) >= 11 is 0. The molecule has 0 heterocycles. The maximum Gasteiger partial charge on any atom is 0.306 e. The van der Waals surface area contributed by atoms with Gasteiger partial charge in [-0.1, -0.05) is 263 Å². The van der Waals surface area contributed by atoms with Crippen molar-refractivity contribution in [3.63, 3.8) is 0 Å². The lowest BCUT2D eigenvalue weighted by Crippen LogP contribution is -2.46. The third-order valence-corrected chi connectivity index (χ3v) is 13.3. The van der Waals surface area contributed by atoms with E-state index in [0.29, 0.717) is 19.3 Å². The first-order valence-electron chi connectivity index (χ1n) is 28.6. The number of carbonyl (C=O) groups excluding carboxylic acids is 2. The van der Waals surface area contributed by atoms with Crippen LogP contribution in [0.5, 0.6) is 0 Å². The number of aliphatic hydroxyl groups excluding tert-OH is 2. The molecule has 0 aliphatic heterocycles. The molecular weight excluding hydrogens is 791 g/mol. The first kappa shape index (κ1) is 62.3. The number of carbonyl (C=O) groups is 2. The van der Waals surface area contributed by atoms with Crippen LogP contribution in [0, 0.1) is 0 Å². The van der Waals surface area contributed by atoms with E-state index in [9.17, 15) is 19.8 Å². The summed E-state index contributed by atoms with van der Waals surface area (Å²) in [5, 5.41) is 23.8. The van der Waals surface area contributed by atoms with Gasteiger partial charge in [0.2, 0.25) is 5.91 Å². The van der Waals surface area contributed by atoms with E-state index >= 15 is 0 Å². The van der Waals surface area contributed by atoms with Gasteiger partial charge in [0.15, 0.2) is 0 Å². The molecule has 6 nitrogen and oxygen atoms in total. The Balaban J connectivity index is 4.51. The lowest BCUT2D eigenvalue weighted by atomic mass is 10.0. The second-order valence-electron chi connectivity index (χ2n) is 19.7. The van der Waals surface area contributed by atoms with Gasteiger partial charge in [0.1, 0.15) is 6.10 Å². The average Bonchev–Trinajstić information content (AvgIpc) is 3.29. The van der Waals surface area contributed by atoms with Gasteiger partial charge in [0, 0.05) is 6.42 Å². The van der Waals surface area contributed by atoms with Crippen molar-refractivity contribution >= 4 is 11.9 Å². The predicted octanol–water partition coefficient (Wildman–Crippen LogP) is 17.5. The van der Waals surface area contributed by atoms with Gasteiger partial charge in [-0.05, 0) is 57.8 Å². The molecule has 0 aliphatic rings. The van der Waals surface area contributed by atoms with Crippen molar-refractivity contribution in [1.29, 1.82) is 0 Å². The molecule has 6 heteroatoms. The minimum Gasteiger partial charge on any atom is -0.462 e. The van der Waals surface area contributed by atoms with E-state index in [0.717, 1.165) is 64.2 Å². The zero-order valence-electron chi connectivity index (χ0n) is 43.2. The molecule has 0 saturated heterocycles. The fourth-order valence-corrected chi connectivity index (χ4v) is 8.93. The molecule has 0 aromatic heterocycles. The van der Waals surface area contributed by atoms with E-state index in [2.05, 4.69) is 50.4 Å². The largest absolute Gasteiger partial charge is 0.462 e. The Morgan fingerprint density at radius 3 is 1.22 bits per heavy atom. The van der Waals surface area contributed by atoms with Crippen molar-refractivity contribution in [2.45, 2.75) is 328 Å². The van der Waals surface area contributed by atoms with Crippen LogP contribution in [-0.4, -0.2) is 46.9 Å². The number of amides is 1. The minimum absolute atomic E-state index is 0.0779. The van der Waals surface area contributed by atoms with Crippen LogP contribution in [0.4, 0.5) is 0 Å². The summed E-state index contributed by atoms with van der Waals surface area (Å²) in [5.41, 5.74) is 0. The molecule has 0 aliphatic carbocycles. The normalized spacial score (nSPS) is 13.3. The highest BCUT2D eigenvalue weighted by Crippen LogP contribution is 2.19. The summed E-state index contributed by atoms with van der Waals surface area (Å²) in [6.45, 7) is 6.48. The molecule has 0 aromatic rings. The summed E-state index contributed by atoms with van der Waals surface area (Å²) in [6, 6.07) is -0.699. The first-order valence-corrected chi connectivity index (χ1v) is 28.6. The van der Waals surface area contributed by atoms with E-state index in [-0.39, 0.29) is 24.9 Å². The Labute approximate surface area is 399 Å². The standard InChI is InChI=1S/C58H111NO5/c1-4-7-10-13-16-19-22-24-26-28-30-32-34-36-39-42-45-48-51-58(63)64-54(49-46-43-40-37-35-33-31-29-27-25-23-20-17-14-11-8-5-2)52-57(62)59-55(53-60)56(61)50-47-44-41-38-21-18-15-12-9-6-3/h17,20,25,27,54-56,60-61H,4-16,18-19,21-24,26,28-53H2,1-3H3,(H,59,62)/b20-17-,27-25-. The molecule has 0 aromatic carbocycles. The van der Waals surface area contributed by atoms with Crippen LogP contribution >= 0.6 is 0 Å². The van der Waals surface area contributed by atoms with Crippen molar-refractivity contribution in [2.24, 2.45) is 0 Å². The number of unbranched alkanes of at least 4 members (excludes halogenated alkanes) is 36. The summed E-state index contributed by atoms with van der Waals surface area (Å²) in [7, 11) is 0. The topological polar surface area (TPSA) is 95.9 Å². The Kier molecular flexibility index (Phi) is 51.0. The molecule has 0 radical (unpaired) electrons. The molecule has 64 heavy (non-hydrogen) atoms. The fraction of sp³-hybridized carbons (Fsp3) is 0.897. The molecule has 0 fully saturated rings. The number of rotatable bonds is 52. The molecule has 0 bridgehead atoms. The second kappa shape index (κ2) is 52.3. The van der Waals surface area contributed by atoms with E-state index in [1.54, 1.807) is 0 Å². The van der Waals surface area contributed by atoms with E-state index in [4.69, 9.17) is 4.74 Å². The van der Waals surface area contributed by atoms with Gasteiger partial charge in [-0.25, -0.2) is 0 Å². The maximum atomic E-state index is 13.2. The quantitative estimate of drug-likeness (QED) is 0.0321. The number of allylic oxidation sites excluding steroid dienone is 4. The van der Waals surface area contributed by atoms with Crippen LogP contribution < -0.4 is 5.32 Å². The van der Waals surface area contributed by atoms with Crippen LogP contribution in [0.15, 0.2) is 24.3 Å². The minimum atomic E-state index is -0.785. The number of hydrogen-bond acceptors (Lipinski definition) is 5. The maximum absolute atomic E-state index is 13.2. The van der Waals surface area contributed by atoms with Crippen LogP contribution in [-0.2, 0) is 14.3 Å². The summed E-state index contributed by atoms with van der Waals surface area (Å²) in [6.07, 6.45) is 61.0. The number of hydrogen-bond donors (Lipinski definition) is 3. The molecule has 0 saturated carbocycles.